The van der Waals surface area contributed by atoms with E-state index in [1.165, 1.54) is 0 Å². The maximum absolute atomic E-state index is 11.9. The fourth-order valence-corrected chi connectivity index (χ4v) is 2.63. The average Bonchev–Trinajstić information content (AvgIpc) is 3.18. The third kappa shape index (κ3) is 4.82. The predicted octanol–water partition coefficient (Wildman–Crippen LogP) is 2.99. The summed E-state index contributed by atoms with van der Waals surface area (Å²) in [6.45, 7) is 7.39. The maximum atomic E-state index is 11.9. The molecule has 1 aliphatic heterocycles. The SMILES string of the molecule is COc1cc2c(cc1OCCn1ccnc1)N=CN(COC(=O)C(C)(C)C)C2. The Morgan fingerprint density at radius 3 is 2.75 bits per heavy atom. The van der Waals surface area contributed by atoms with Crippen LogP contribution < -0.4 is 9.47 Å². The van der Waals surface area contributed by atoms with E-state index >= 15 is 0 Å². The summed E-state index contributed by atoms with van der Waals surface area (Å²) in [6, 6.07) is 3.79. The molecule has 2 heterocycles. The van der Waals surface area contributed by atoms with Crippen LogP contribution in [0.15, 0.2) is 35.8 Å². The zero-order chi connectivity index (χ0) is 20.1. The molecular formula is C20H26N4O4. The number of aromatic nitrogens is 2. The molecule has 0 N–H and O–H groups in total. The summed E-state index contributed by atoms with van der Waals surface area (Å²) in [4.78, 5) is 22.3. The molecular weight excluding hydrogens is 360 g/mol. The van der Waals surface area contributed by atoms with E-state index in [4.69, 9.17) is 14.2 Å². The van der Waals surface area contributed by atoms with Gasteiger partial charge in [0.15, 0.2) is 18.2 Å². The first kappa shape index (κ1) is 19.7. The van der Waals surface area contributed by atoms with Gasteiger partial charge in [0.1, 0.15) is 6.61 Å². The highest BCUT2D eigenvalue weighted by molar-refractivity contribution is 5.75. The van der Waals surface area contributed by atoms with Crippen LogP contribution in [-0.2, 0) is 22.6 Å². The Morgan fingerprint density at radius 1 is 1.25 bits per heavy atom. The number of imidazole rings is 1. The zero-order valence-electron chi connectivity index (χ0n) is 16.7. The van der Waals surface area contributed by atoms with Crippen LogP contribution in [0, 0.1) is 5.41 Å². The number of hydrogen-bond donors (Lipinski definition) is 0. The van der Waals surface area contributed by atoms with Crippen LogP contribution in [0.25, 0.3) is 0 Å². The van der Waals surface area contributed by atoms with E-state index in [1.54, 1.807) is 26.0 Å². The van der Waals surface area contributed by atoms with Crippen LogP contribution in [0.3, 0.4) is 0 Å². The lowest BCUT2D eigenvalue weighted by atomic mass is 9.98. The van der Waals surface area contributed by atoms with Gasteiger partial charge in [0.25, 0.3) is 0 Å². The lowest BCUT2D eigenvalue weighted by molar-refractivity contribution is -0.156. The number of hydrogen-bond acceptors (Lipinski definition) is 7. The number of fused-ring (bicyclic) bond motifs is 1. The Hall–Kier alpha value is -3.03. The minimum atomic E-state index is -0.531. The standard InChI is InChI=1S/C20H26N4O4/c1-20(2,3)19(25)28-14-24-11-15-9-17(26-4)18(10-16(15)22-13-24)27-8-7-23-6-5-21-12-23/h5-6,9-10,12-13H,7-8,11,14H2,1-4H3. The van der Waals surface area contributed by atoms with Crippen molar-refractivity contribution in [2.24, 2.45) is 10.4 Å². The first-order valence-corrected chi connectivity index (χ1v) is 9.12. The Morgan fingerprint density at radius 2 is 2.07 bits per heavy atom. The molecule has 0 saturated heterocycles. The number of nitrogens with zero attached hydrogens (tertiary/aromatic N) is 4. The van der Waals surface area contributed by atoms with Crippen LogP contribution in [0.1, 0.15) is 26.3 Å². The molecule has 0 bridgehead atoms. The van der Waals surface area contributed by atoms with Crippen molar-refractivity contribution in [2.45, 2.75) is 33.9 Å². The summed E-state index contributed by atoms with van der Waals surface area (Å²) in [5.74, 6) is 1.05. The highest BCUT2D eigenvalue weighted by Gasteiger charge is 2.24. The number of carbonyl (C=O) groups is 1. The van der Waals surface area contributed by atoms with E-state index in [-0.39, 0.29) is 12.7 Å². The Labute approximate surface area is 164 Å². The third-order valence-electron chi connectivity index (χ3n) is 4.24. The van der Waals surface area contributed by atoms with Crippen molar-refractivity contribution in [2.75, 3.05) is 20.4 Å². The number of ether oxygens (including phenoxy) is 3. The number of carbonyl (C=O) groups excluding carboxylic acids is 1. The highest BCUT2D eigenvalue weighted by atomic mass is 16.5. The molecule has 0 unspecified atom stereocenters. The van der Waals surface area contributed by atoms with E-state index in [0.29, 0.717) is 31.2 Å². The van der Waals surface area contributed by atoms with E-state index in [9.17, 15) is 4.79 Å². The lowest BCUT2D eigenvalue weighted by Gasteiger charge is -2.26. The van der Waals surface area contributed by atoms with E-state index < -0.39 is 5.41 Å². The molecule has 0 fully saturated rings. The van der Waals surface area contributed by atoms with Gasteiger partial charge in [-0.25, -0.2) is 9.98 Å². The number of benzene rings is 1. The Kier molecular flexibility index (Phi) is 5.87. The van der Waals surface area contributed by atoms with Gasteiger partial charge in [0.2, 0.25) is 0 Å². The first-order valence-electron chi connectivity index (χ1n) is 9.12. The van der Waals surface area contributed by atoms with E-state index in [2.05, 4.69) is 9.98 Å². The summed E-state index contributed by atoms with van der Waals surface area (Å²) >= 11 is 0. The smallest absolute Gasteiger partial charge is 0.312 e. The van der Waals surface area contributed by atoms with Gasteiger partial charge in [0.05, 0.1) is 37.4 Å². The van der Waals surface area contributed by atoms with E-state index in [0.717, 1.165) is 11.3 Å². The molecule has 0 atom stereocenters. The van der Waals surface area contributed by atoms with Crippen molar-refractivity contribution in [1.29, 1.82) is 0 Å². The molecule has 8 nitrogen and oxygen atoms in total. The number of rotatable bonds is 7. The average molecular weight is 386 g/mol. The van der Waals surface area contributed by atoms with Crippen LogP contribution in [0.2, 0.25) is 0 Å². The van der Waals surface area contributed by atoms with Gasteiger partial charge in [0, 0.05) is 30.6 Å². The van der Waals surface area contributed by atoms with Crippen molar-refractivity contribution in [1.82, 2.24) is 14.5 Å². The van der Waals surface area contributed by atoms with Gasteiger partial charge in [-0.2, -0.15) is 0 Å². The first-order chi connectivity index (χ1) is 13.4. The van der Waals surface area contributed by atoms with Crippen molar-refractivity contribution in [3.05, 3.63) is 36.4 Å². The lowest BCUT2D eigenvalue weighted by Crippen LogP contribution is -2.32. The van der Waals surface area contributed by atoms with Crippen LogP contribution >= 0.6 is 0 Å². The summed E-state index contributed by atoms with van der Waals surface area (Å²) in [6.07, 6.45) is 7.05. The van der Waals surface area contributed by atoms with Gasteiger partial charge in [-0.05, 0) is 26.8 Å². The summed E-state index contributed by atoms with van der Waals surface area (Å²) < 4.78 is 18.7. The second-order valence-electron chi connectivity index (χ2n) is 7.58. The summed E-state index contributed by atoms with van der Waals surface area (Å²) in [7, 11) is 1.61. The Bertz CT molecular complexity index is 841. The molecule has 150 valence electrons. The van der Waals surface area contributed by atoms with Gasteiger partial charge in [-0.3, -0.25) is 4.79 Å². The minimum absolute atomic E-state index is 0.157. The molecule has 1 aliphatic rings. The second-order valence-corrected chi connectivity index (χ2v) is 7.58. The topological polar surface area (TPSA) is 78.2 Å². The maximum Gasteiger partial charge on any atom is 0.312 e. The monoisotopic (exact) mass is 386 g/mol. The summed E-state index contributed by atoms with van der Waals surface area (Å²) in [5.41, 5.74) is 1.27. The molecule has 2 aromatic rings. The number of esters is 1. The quantitative estimate of drug-likeness (QED) is 0.681. The van der Waals surface area contributed by atoms with Crippen molar-refractivity contribution >= 4 is 18.0 Å². The van der Waals surface area contributed by atoms with Gasteiger partial charge >= 0.3 is 5.97 Å². The number of methoxy groups -OCH3 is 1. The van der Waals surface area contributed by atoms with E-state index in [1.807, 2.05) is 48.6 Å². The molecule has 1 aromatic carbocycles. The van der Waals surface area contributed by atoms with Gasteiger partial charge in [-0.1, -0.05) is 0 Å². The molecule has 3 rings (SSSR count). The molecule has 0 spiro atoms. The molecule has 0 radical (unpaired) electrons. The zero-order valence-corrected chi connectivity index (χ0v) is 16.7. The van der Waals surface area contributed by atoms with Crippen molar-refractivity contribution in [3.63, 3.8) is 0 Å². The minimum Gasteiger partial charge on any atom is -0.493 e. The second kappa shape index (κ2) is 8.33. The summed E-state index contributed by atoms with van der Waals surface area (Å²) in [5, 5.41) is 0. The van der Waals surface area contributed by atoms with Crippen LogP contribution in [0.5, 0.6) is 11.5 Å². The molecule has 8 heteroatoms. The molecule has 0 saturated carbocycles. The van der Waals surface area contributed by atoms with Crippen molar-refractivity contribution < 1.29 is 19.0 Å². The van der Waals surface area contributed by atoms with Crippen molar-refractivity contribution in [3.8, 4) is 11.5 Å². The molecule has 0 aliphatic carbocycles. The van der Waals surface area contributed by atoms with Gasteiger partial charge < -0.3 is 23.7 Å². The normalized spacial score (nSPS) is 13.2. The Balaban J connectivity index is 1.63. The predicted molar refractivity (Wildman–Crippen MR) is 105 cm³/mol. The fourth-order valence-electron chi connectivity index (χ4n) is 2.63. The number of aliphatic imine (C=N–C) groups is 1. The fraction of sp³-hybridized carbons (Fsp3) is 0.450. The largest absolute Gasteiger partial charge is 0.493 e. The molecule has 0 amide bonds. The van der Waals surface area contributed by atoms with Gasteiger partial charge in [-0.15, -0.1) is 0 Å². The molecule has 1 aromatic heterocycles. The van der Waals surface area contributed by atoms with Crippen LogP contribution in [-0.4, -0.2) is 47.2 Å². The third-order valence-corrected chi connectivity index (χ3v) is 4.24. The molecule has 28 heavy (non-hydrogen) atoms. The van der Waals surface area contributed by atoms with Crippen LogP contribution in [0.4, 0.5) is 5.69 Å². The highest BCUT2D eigenvalue weighted by Crippen LogP contribution is 2.37.